The van der Waals surface area contributed by atoms with Crippen LogP contribution in [0, 0.1) is 17.8 Å². The SMILES string of the molecule is CCNC(C1=CCCC1)C1C2CCCC21. The molecule has 0 amide bonds. The molecule has 3 unspecified atom stereocenters. The molecule has 1 nitrogen and oxygen atoms in total. The lowest BCUT2D eigenvalue weighted by molar-refractivity contribution is 0.450. The summed E-state index contributed by atoms with van der Waals surface area (Å²) in [4.78, 5) is 0. The van der Waals surface area contributed by atoms with Crippen molar-refractivity contribution < 1.29 is 0 Å². The van der Waals surface area contributed by atoms with E-state index < -0.39 is 0 Å². The van der Waals surface area contributed by atoms with E-state index in [-0.39, 0.29) is 0 Å². The Morgan fingerprint density at radius 1 is 1.33 bits per heavy atom. The Balaban J connectivity index is 1.68. The van der Waals surface area contributed by atoms with Crippen molar-refractivity contribution >= 4 is 0 Å². The van der Waals surface area contributed by atoms with Gasteiger partial charge in [-0.2, -0.15) is 0 Å². The highest BCUT2D eigenvalue weighted by molar-refractivity contribution is 5.22. The van der Waals surface area contributed by atoms with Crippen LogP contribution in [0.2, 0.25) is 0 Å². The van der Waals surface area contributed by atoms with Gasteiger partial charge in [0, 0.05) is 6.04 Å². The topological polar surface area (TPSA) is 12.0 Å². The van der Waals surface area contributed by atoms with Crippen molar-refractivity contribution in [1.82, 2.24) is 5.32 Å². The monoisotopic (exact) mass is 205 g/mol. The number of allylic oxidation sites excluding steroid dienone is 1. The molecule has 3 aliphatic carbocycles. The Bertz CT molecular complexity index is 259. The molecule has 3 atom stereocenters. The van der Waals surface area contributed by atoms with Gasteiger partial charge in [0.05, 0.1) is 0 Å². The zero-order valence-corrected chi connectivity index (χ0v) is 9.84. The number of nitrogens with one attached hydrogen (secondary N) is 1. The molecule has 0 aromatic heterocycles. The molecule has 0 heterocycles. The average Bonchev–Trinajstić information content (AvgIpc) is 2.73. The maximum Gasteiger partial charge on any atom is 0.0313 e. The molecule has 15 heavy (non-hydrogen) atoms. The van der Waals surface area contributed by atoms with E-state index in [1.54, 1.807) is 5.57 Å². The van der Waals surface area contributed by atoms with Crippen molar-refractivity contribution in [1.29, 1.82) is 0 Å². The summed E-state index contributed by atoms with van der Waals surface area (Å²) in [5.74, 6) is 3.20. The molecular weight excluding hydrogens is 182 g/mol. The third kappa shape index (κ3) is 1.65. The third-order valence-electron chi connectivity index (χ3n) is 4.76. The Morgan fingerprint density at radius 2 is 2.13 bits per heavy atom. The maximum absolute atomic E-state index is 3.75. The van der Waals surface area contributed by atoms with Gasteiger partial charge >= 0.3 is 0 Å². The summed E-state index contributed by atoms with van der Waals surface area (Å²) in [6.45, 7) is 3.39. The van der Waals surface area contributed by atoms with Crippen molar-refractivity contribution in [2.24, 2.45) is 17.8 Å². The second kappa shape index (κ2) is 3.93. The standard InChI is InChI=1S/C14H23N/c1-2-15-14(10-6-3-4-7-10)13-11-8-5-9-12(11)13/h6,11-15H,2-5,7-9H2,1H3. The first-order valence-electron chi connectivity index (χ1n) is 6.84. The van der Waals surface area contributed by atoms with Gasteiger partial charge in [-0.25, -0.2) is 0 Å². The minimum atomic E-state index is 0.757. The molecule has 0 spiro atoms. The summed E-state index contributed by atoms with van der Waals surface area (Å²) in [5.41, 5.74) is 1.75. The highest BCUT2D eigenvalue weighted by Gasteiger charge is 2.56. The van der Waals surface area contributed by atoms with Gasteiger partial charge in [0.15, 0.2) is 0 Å². The quantitative estimate of drug-likeness (QED) is 0.695. The van der Waals surface area contributed by atoms with Crippen LogP contribution in [-0.2, 0) is 0 Å². The van der Waals surface area contributed by atoms with Crippen LogP contribution in [0.1, 0.15) is 45.4 Å². The van der Waals surface area contributed by atoms with Crippen molar-refractivity contribution in [2.45, 2.75) is 51.5 Å². The van der Waals surface area contributed by atoms with Crippen LogP contribution in [0.5, 0.6) is 0 Å². The summed E-state index contributed by atoms with van der Waals surface area (Å²) >= 11 is 0. The van der Waals surface area contributed by atoms with Gasteiger partial charge < -0.3 is 5.32 Å². The van der Waals surface area contributed by atoms with E-state index in [1.165, 1.54) is 38.5 Å². The Labute approximate surface area is 93.3 Å². The lowest BCUT2D eigenvalue weighted by Crippen LogP contribution is -2.33. The first-order chi connectivity index (χ1) is 7.42. The summed E-state index contributed by atoms with van der Waals surface area (Å²) in [6.07, 6.45) is 11.2. The van der Waals surface area contributed by atoms with E-state index >= 15 is 0 Å². The highest BCUT2D eigenvalue weighted by Crippen LogP contribution is 2.60. The van der Waals surface area contributed by atoms with Crippen LogP contribution in [0.25, 0.3) is 0 Å². The minimum Gasteiger partial charge on any atom is -0.310 e. The van der Waals surface area contributed by atoms with E-state index in [4.69, 9.17) is 0 Å². The molecule has 0 radical (unpaired) electrons. The van der Waals surface area contributed by atoms with Crippen LogP contribution in [-0.4, -0.2) is 12.6 Å². The van der Waals surface area contributed by atoms with E-state index in [0.29, 0.717) is 0 Å². The molecule has 1 N–H and O–H groups in total. The molecule has 0 aromatic rings. The Kier molecular flexibility index (Phi) is 2.59. The predicted molar refractivity (Wildman–Crippen MR) is 63.7 cm³/mol. The molecule has 84 valence electrons. The summed E-state index contributed by atoms with van der Waals surface area (Å²) in [5, 5.41) is 3.75. The smallest absolute Gasteiger partial charge is 0.0313 e. The second-order valence-electron chi connectivity index (χ2n) is 5.54. The molecule has 2 fully saturated rings. The Morgan fingerprint density at radius 3 is 2.73 bits per heavy atom. The minimum absolute atomic E-state index is 0.757. The normalized spacial score (nSPS) is 40.1. The zero-order chi connectivity index (χ0) is 10.3. The molecular formula is C14H23N. The number of hydrogen-bond donors (Lipinski definition) is 1. The molecule has 0 aromatic carbocycles. The van der Waals surface area contributed by atoms with Gasteiger partial charge in [-0.1, -0.05) is 25.0 Å². The fourth-order valence-corrected chi connectivity index (χ4v) is 4.08. The largest absolute Gasteiger partial charge is 0.310 e. The van der Waals surface area contributed by atoms with Crippen LogP contribution in [0.4, 0.5) is 0 Å². The van der Waals surface area contributed by atoms with E-state index in [2.05, 4.69) is 18.3 Å². The van der Waals surface area contributed by atoms with Gasteiger partial charge in [-0.05, 0) is 56.4 Å². The van der Waals surface area contributed by atoms with Gasteiger partial charge in [0.2, 0.25) is 0 Å². The lowest BCUT2D eigenvalue weighted by atomic mass is 9.96. The van der Waals surface area contributed by atoms with Gasteiger partial charge in [-0.15, -0.1) is 0 Å². The molecule has 0 saturated heterocycles. The predicted octanol–water partition coefficient (Wildman–Crippen LogP) is 3.12. The van der Waals surface area contributed by atoms with E-state index in [1.807, 2.05) is 0 Å². The zero-order valence-electron chi connectivity index (χ0n) is 9.84. The molecule has 0 bridgehead atoms. The molecule has 3 aliphatic rings. The number of likely N-dealkylation sites (N-methyl/N-ethyl adjacent to an activating group) is 1. The lowest BCUT2D eigenvalue weighted by Gasteiger charge is -2.21. The van der Waals surface area contributed by atoms with Crippen LogP contribution < -0.4 is 5.32 Å². The van der Waals surface area contributed by atoms with Crippen molar-refractivity contribution in [2.75, 3.05) is 6.54 Å². The maximum atomic E-state index is 3.75. The number of fused-ring (bicyclic) bond motifs is 1. The van der Waals surface area contributed by atoms with Crippen molar-refractivity contribution in [3.8, 4) is 0 Å². The van der Waals surface area contributed by atoms with E-state index in [9.17, 15) is 0 Å². The Hall–Kier alpha value is -0.300. The summed E-state index contributed by atoms with van der Waals surface area (Å²) < 4.78 is 0. The number of rotatable bonds is 4. The summed E-state index contributed by atoms with van der Waals surface area (Å²) in [6, 6.07) is 0.757. The first kappa shape index (κ1) is 9.89. The van der Waals surface area contributed by atoms with E-state index in [0.717, 1.165) is 30.3 Å². The fourth-order valence-electron chi connectivity index (χ4n) is 4.08. The van der Waals surface area contributed by atoms with Gasteiger partial charge in [0.1, 0.15) is 0 Å². The highest BCUT2D eigenvalue weighted by atomic mass is 14.9. The molecule has 1 heteroatoms. The number of hydrogen-bond acceptors (Lipinski definition) is 1. The van der Waals surface area contributed by atoms with Crippen LogP contribution in [0.3, 0.4) is 0 Å². The van der Waals surface area contributed by atoms with Crippen LogP contribution >= 0.6 is 0 Å². The van der Waals surface area contributed by atoms with Crippen molar-refractivity contribution in [3.05, 3.63) is 11.6 Å². The molecule has 3 rings (SSSR count). The van der Waals surface area contributed by atoms with Crippen molar-refractivity contribution in [3.63, 3.8) is 0 Å². The van der Waals surface area contributed by atoms with Gasteiger partial charge in [-0.3, -0.25) is 0 Å². The average molecular weight is 205 g/mol. The third-order valence-corrected chi connectivity index (χ3v) is 4.76. The second-order valence-corrected chi connectivity index (χ2v) is 5.54. The molecule has 2 saturated carbocycles. The first-order valence-corrected chi connectivity index (χ1v) is 6.84. The summed E-state index contributed by atoms with van der Waals surface area (Å²) in [7, 11) is 0. The molecule has 0 aliphatic heterocycles. The van der Waals surface area contributed by atoms with Gasteiger partial charge in [0.25, 0.3) is 0 Å². The fraction of sp³-hybridized carbons (Fsp3) is 0.857. The van der Waals surface area contributed by atoms with Crippen LogP contribution in [0.15, 0.2) is 11.6 Å².